The van der Waals surface area contributed by atoms with Gasteiger partial charge in [0.25, 0.3) is 0 Å². The highest BCUT2D eigenvalue weighted by atomic mass is 16.5. The van der Waals surface area contributed by atoms with E-state index in [1.165, 1.54) is 4.80 Å². The van der Waals surface area contributed by atoms with Crippen molar-refractivity contribution in [1.82, 2.24) is 30.4 Å². The first-order valence-corrected chi connectivity index (χ1v) is 10.7. The van der Waals surface area contributed by atoms with Crippen molar-refractivity contribution in [2.24, 2.45) is 0 Å². The molecule has 0 bridgehead atoms. The minimum absolute atomic E-state index is 0.106. The first-order valence-electron chi connectivity index (χ1n) is 10.7. The Hall–Kier alpha value is -4.15. The van der Waals surface area contributed by atoms with E-state index in [9.17, 15) is 9.59 Å². The molecule has 0 saturated carbocycles. The molecule has 2 heterocycles. The molecule has 11 nitrogen and oxygen atoms in total. The van der Waals surface area contributed by atoms with Gasteiger partial charge in [0.05, 0.1) is 26.8 Å². The van der Waals surface area contributed by atoms with Crippen LogP contribution in [-0.4, -0.2) is 63.4 Å². The van der Waals surface area contributed by atoms with E-state index in [4.69, 9.17) is 14.2 Å². The summed E-state index contributed by atoms with van der Waals surface area (Å²) in [5.74, 6) is 1.52. The SMILES string of the molecule is COc1ccc(CN2C(=O)[C@@H](NC(=O)OCc3ccccc3)[C@H]2Cn2nnc(C)n2)c(OC)c1. The zero-order valence-electron chi connectivity index (χ0n) is 19.2. The number of β-lactam (4-membered cyclic amide) rings is 1. The molecule has 1 fully saturated rings. The summed E-state index contributed by atoms with van der Waals surface area (Å²) in [5.41, 5.74) is 1.65. The van der Waals surface area contributed by atoms with Crippen molar-refractivity contribution in [2.45, 2.75) is 38.7 Å². The number of benzene rings is 2. The average molecular weight is 466 g/mol. The fourth-order valence-corrected chi connectivity index (χ4v) is 3.79. The summed E-state index contributed by atoms with van der Waals surface area (Å²) in [5, 5.41) is 14.8. The normalized spacial score (nSPS) is 17.1. The third-order valence-electron chi connectivity index (χ3n) is 5.56. The number of nitrogens with one attached hydrogen (secondary N) is 1. The number of alkyl carbamates (subject to hydrolysis) is 1. The van der Waals surface area contributed by atoms with Crippen LogP contribution in [0.5, 0.6) is 11.5 Å². The second-order valence-electron chi connectivity index (χ2n) is 7.79. The molecule has 34 heavy (non-hydrogen) atoms. The Labute approximate surface area is 196 Å². The first-order chi connectivity index (χ1) is 16.5. The molecule has 11 heteroatoms. The Morgan fingerprint density at radius 3 is 2.59 bits per heavy atom. The minimum Gasteiger partial charge on any atom is -0.497 e. The van der Waals surface area contributed by atoms with Gasteiger partial charge in [-0.25, -0.2) is 4.79 Å². The van der Waals surface area contributed by atoms with Crippen LogP contribution in [0.3, 0.4) is 0 Å². The molecule has 3 aromatic rings. The Morgan fingerprint density at radius 1 is 1.12 bits per heavy atom. The summed E-state index contributed by atoms with van der Waals surface area (Å²) >= 11 is 0. The van der Waals surface area contributed by atoms with Crippen molar-refractivity contribution in [3.63, 3.8) is 0 Å². The van der Waals surface area contributed by atoms with Crippen LogP contribution in [0.2, 0.25) is 0 Å². The molecule has 1 aromatic heterocycles. The van der Waals surface area contributed by atoms with Gasteiger partial charge in [0.1, 0.15) is 24.1 Å². The third kappa shape index (κ3) is 5.08. The number of likely N-dealkylation sites (tertiary alicyclic amines) is 1. The number of aryl methyl sites for hydroxylation is 1. The summed E-state index contributed by atoms with van der Waals surface area (Å²) in [4.78, 5) is 28.5. The molecule has 1 saturated heterocycles. The van der Waals surface area contributed by atoms with E-state index in [-0.39, 0.29) is 25.6 Å². The van der Waals surface area contributed by atoms with Gasteiger partial charge < -0.3 is 24.4 Å². The van der Waals surface area contributed by atoms with Crippen molar-refractivity contribution in [3.05, 3.63) is 65.5 Å². The lowest BCUT2D eigenvalue weighted by Crippen LogP contribution is -2.71. The van der Waals surface area contributed by atoms with Crippen LogP contribution >= 0.6 is 0 Å². The molecule has 1 N–H and O–H groups in total. The van der Waals surface area contributed by atoms with Gasteiger partial charge in [0.15, 0.2) is 5.82 Å². The van der Waals surface area contributed by atoms with E-state index in [0.717, 1.165) is 11.1 Å². The lowest BCUT2D eigenvalue weighted by atomic mass is 9.94. The molecule has 178 valence electrons. The molecule has 1 aliphatic rings. The quantitative estimate of drug-likeness (QED) is 0.473. The molecule has 0 aliphatic carbocycles. The first kappa shape index (κ1) is 23.0. The number of amides is 2. The third-order valence-corrected chi connectivity index (χ3v) is 5.56. The maximum absolute atomic E-state index is 13.0. The standard InChI is InChI=1S/C23H26N6O5/c1-15-25-27-29(26-15)13-19-21(24-23(31)34-14-16-7-5-4-6-8-16)22(30)28(19)12-17-9-10-18(32-2)11-20(17)33-3/h4-11,19,21H,12-14H2,1-3H3,(H,24,31)/t19-,21+/m1/s1. The topological polar surface area (TPSA) is 121 Å². The highest BCUT2D eigenvalue weighted by Gasteiger charge is 2.49. The number of rotatable bonds is 9. The van der Waals surface area contributed by atoms with Crippen molar-refractivity contribution >= 4 is 12.0 Å². The minimum atomic E-state index is -0.779. The smallest absolute Gasteiger partial charge is 0.408 e. The molecule has 0 unspecified atom stereocenters. The Kier molecular flexibility index (Phi) is 6.90. The van der Waals surface area contributed by atoms with Crippen LogP contribution in [0.4, 0.5) is 4.79 Å². The predicted octanol–water partition coefficient (Wildman–Crippen LogP) is 1.70. The Morgan fingerprint density at radius 2 is 1.91 bits per heavy atom. The van der Waals surface area contributed by atoms with Gasteiger partial charge in [0, 0.05) is 18.2 Å². The number of carbonyl (C=O) groups excluding carboxylic acids is 2. The highest BCUT2D eigenvalue weighted by Crippen LogP contribution is 2.30. The molecular formula is C23H26N6O5. The van der Waals surface area contributed by atoms with Gasteiger partial charge >= 0.3 is 6.09 Å². The Bertz CT molecular complexity index is 1150. The second kappa shape index (κ2) is 10.2. The fraction of sp³-hybridized carbons (Fsp3) is 0.348. The van der Waals surface area contributed by atoms with E-state index in [1.807, 2.05) is 36.4 Å². The number of hydrogen-bond acceptors (Lipinski definition) is 8. The van der Waals surface area contributed by atoms with Crippen molar-refractivity contribution in [1.29, 1.82) is 0 Å². The molecule has 0 radical (unpaired) electrons. The van der Waals surface area contributed by atoms with Crippen LogP contribution < -0.4 is 14.8 Å². The monoisotopic (exact) mass is 466 g/mol. The summed E-state index contributed by atoms with van der Waals surface area (Å²) < 4.78 is 16.0. The number of nitrogens with zero attached hydrogens (tertiary/aromatic N) is 5. The highest BCUT2D eigenvalue weighted by molar-refractivity contribution is 5.92. The summed E-state index contributed by atoms with van der Waals surface area (Å²) in [6.07, 6.45) is -0.670. The van der Waals surface area contributed by atoms with Crippen LogP contribution in [0, 0.1) is 6.92 Å². The van der Waals surface area contributed by atoms with Crippen LogP contribution in [0.1, 0.15) is 17.0 Å². The Balaban J connectivity index is 1.47. The van der Waals surface area contributed by atoms with Crippen molar-refractivity contribution in [2.75, 3.05) is 14.2 Å². The van der Waals surface area contributed by atoms with Crippen LogP contribution in [0.25, 0.3) is 0 Å². The maximum Gasteiger partial charge on any atom is 0.408 e. The van der Waals surface area contributed by atoms with Gasteiger partial charge in [-0.05, 0) is 29.8 Å². The molecular weight excluding hydrogens is 440 g/mol. The van der Waals surface area contributed by atoms with Gasteiger partial charge in [-0.2, -0.15) is 4.80 Å². The molecule has 0 spiro atoms. The number of methoxy groups -OCH3 is 2. The zero-order valence-corrected chi connectivity index (χ0v) is 19.2. The number of carbonyl (C=O) groups is 2. The lowest BCUT2D eigenvalue weighted by molar-refractivity contribution is -0.153. The van der Waals surface area contributed by atoms with Crippen LogP contribution in [0.15, 0.2) is 48.5 Å². The number of tetrazole rings is 1. The number of hydrogen-bond donors (Lipinski definition) is 1. The van der Waals surface area contributed by atoms with Gasteiger partial charge in [-0.3, -0.25) is 4.79 Å². The van der Waals surface area contributed by atoms with E-state index in [1.54, 1.807) is 38.2 Å². The fourth-order valence-electron chi connectivity index (χ4n) is 3.79. The van der Waals surface area contributed by atoms with E-state index in [0.29, 0.717) is 17.3 Å². The van der Waals surface area contributed by atoms with E-state index in [2.05, 4.69) is 20.7 Å². The second-order valence-corrected chi connectivity index (χ2v) is 7.79. The van der Waals surface area contributed by atoms with Gasteiger partial charge in [0.2, 0.25) is 5.91 Å². The molecule has 2 amide bonds. The molecule has 4 rings (SSSR count). The van der Waals surface area contributed by atoms with E-state index < -0.39 is 18.2 Å². The molecule has 1 aliphatic heterocycles. The maximum atomic E-state index is 13.0. The number of ether oxygens (including phenoxy) is 3. The zero-order chi connectivity index (χ0) is 24.1. The molecule has 2 aromatic carbocycles. The summed E-state index contributed by atoms with van der Waals surface area (Å²) in [7, 11) is 3.13. The van der Waals surface area contributed by atoms with Gasteiger partial charge in [-0.1, -0.05) is 30.3 Å². The van der Waals surface area contributed by atoms with Gasteiger partial charge in [-0.15, -0.1) is 10.2 Å². The summed E-state index contributed by atoms with van der Waals surface area (Å²) in [6.45, 7) is 2.37. The van der Waals surface area contributed by atoms with Crippen LogP contribution in [-0.2, 0) is 29.2 Å². The largest absolute Gasteiger partial charge is 0.497 e. The predicted molar refractivity (Wildman–Crippen MR) is 120 cm³/mol. The lowest BCUT2D eigenvalue weighted by Gasteiger charge is -2.46. The van der Waals surface area contributed by atoms with Crippen molar-refractivity contribution in [3.8, 4) is 11.5 Å². The average Bonchev–Trinajstić information content (AvgIpc) is 3.29. The van der Waals surface area contributed by atoms with E-state index >= 15 is 0 Å². The summed E-state index contributed by atoms with van der Waals surface area (Å²) in [6, 6.07) is 13.5. The molecule has 2 atom stereocenters. The number of aromatic nitrogens is 4. The van der Waals surface area contributed by atoms with Crippen molar-refractivity contribution < 1.29 is 23.8 Å².